The first kappa shape index (κ1) is 24.1. The number of anilines is 3. The molecule has 0 aliphatic rings. The number of pyridine rings is 1. The van der Waals surface area contributed by atoms with Crippen LogP contribution in [-0.2, 0) is 11.3 Å². The number of nitrogens with one attached hydrogen (secondary N) is 1. The molecule has 5 N–H and O–H groups in total. The number of benzene rings is 1. The molecule has 0 fully saturated rings. The smallest absolute Gasteiger partial charge is 0.412 e. The fourth-order valence-electron chi connectivity index (χ4n) is 3.46. The zero-order chi connectivity index (χ0) is 25.2. The number of amides is 1. The molecule has 0 atom stereocenters. The molecule has 0 saturated heterocycles. The van der Waals surface area contributed by atoms with E-state index in [0.29, 0.717) is 34.6 Å². The van der Waals surface area contributed by atoms with Gasteiger partial charge >= 0.3 is 6.09 Å². The summed E-state index contributed by atoms with van der Waals surface area (Å²) in [5.74, 6) is -0.0310. The summed E-state index contributed by atoms with van der Waals surface area (Å²) in [5, 5.41) is 7.69. The van der Waals surface area contributed by atoms with Gasteiger partial charge in [0.1, 0.15) is 22.8 Å². The van der Waals surface area contributed by atoms with Crippen molar-refractivity contribution in [1.29, 1.82) is 0 Å². The van der Waals surface area contributed by atoms with Gasteiger partial charge in [-0.05, 0) is 32.0 Å². The lowest BCUT2D eigenvalue weighted by Gasteiger charge is -2.24. The Bertz CT molecular complexity index is 1370. The summed E-state index contributed by atoms with van der Waals surface area (Å²) in [6.45, 7) is 3.62. The number of nitrogen functional groups attached to an aromatic ring is 2. The lowest BCUT2D eigenvalue weighted by molar-refractivity contribution is 0.0469. The Morgan fingerprint density at radius 2 is 1.89 bits per heavy atom. The van der Waals surface area contributed by atoms with E-state index in [9.17, 15) is 9.18 Å². The third-order valence-electron chi connectivity index (χ3n) is 5.25. The number of rotatable bonds is 7. The molecule has 182 valence electrons. The van der Waals surface area contributed by atoms with E-state index in [1.807, 2.05) is 0 Å². The fraction of sp³-hybridized carbons (Fsp3) is 0.261. The number of nitrogens with two attached hydrogens (primary N) is 2. The van der Waals surface area contributed by atoms with Gasteiger partial charge in [0.25, 0.3) is 0 Å². The maximum atomic E-state index is 14.2. The van der Waals surface area contributed by atoms with Crippen molar-refractivity contribution in [2.75, 3.05) is 22.7 Å². The number of hydrogen-bond donors (Lipinski definition) is 3. The molecule has 1 aromatic carbocycles. The average molecular weight is 499 g/mol. The SMILES string of the molecule is CC(C)(CCCl)OC(=O)Nc1c(N)nc(-c2nn(Cc3ccccc3F)c3ncccc23)nc1N. The second-order valence-corrected chi connectivity index (χ2v) is 8.76. The molecule has 0 unspecified atom stereocenters. The molecule has 12 heteroatoms. The van der Waals surface area contributed by atoms with E-state index in [4.69, 9.17) is 27.8 Å². The Kier molecular flexibility index (Phi) is 6.70. The van der Waals surface area contributed by atoms with Crippen LogP contribution in [0.1, 0.15) is 25.8 Å². The van der Waals surface area contributed by atoms with Gasteiger partial charge in [-0.2, -0.15) is 5.10 Å². The Hall–Kier alpha value is -3.99. The van der Waals surface area contributed by atoms with Gasteiger partial charge in [-0.3, -0.25) is 5.32 Å². The van der Waals surface area contributed by atoms with Crippen molar-refractivity contribution in [3.05, 3.63) is 54.0 Å². The van der Waals surface area contributed by atoms with Crippen LogP contribution in [0.15, 0.2) is 42.6 Å². The molecule has 0 bridgehead atoms. The third kappa shape index (κ3) is 5.24. The Morgan fingerprint density at radius 3 is 2.57 bits per heavy atom. The monoisotopic (exact) mass is 498 g/mol. The number of fused-ring (bicyclic) bond motifs is 1. The van der Waals surface area contributed by atoms with Crippen molar-refractivity contribution in [2.24, 2.45) is 0 Å². The third-order valence-corrected chi connectivity index (χ3v) is 5.44. The molecular formula is C23H24ClFN8O2. The topological polar surface area (TPSA) is 147 Å². The number of halogens is 2. The molecule has 0 radical (unpaired) electrons. The van der Waals surface area contributed by atoms with E-state index in [1.54, 1.807) is 55.1 Å². The average Bonchev–Trinajstić information content (AvgIpc) is 3.16. The van der Waals surface area contributed by atoms with Gasteiger partial charge in [-0.15, -0.1) is 11.6 Å². The molecule has 1 amide bonds. The predicted molar refractivity (Wildman–Crippen MR) is 132 cm³/mol. The van der Waals surface area contributed by atoms with E-state index in [1.165, 1.54) is 6.07 Å². The first-order valence-corrected chi connectivity index (χ1v) is 11.3. The van der Waals surface area contributed by atoms with Crippen molar-refractivity contribution in [3.63, 3.8) is 0 Å². The molecule has 3 heterocycles. The highest BCUT2D eigenvalue weighted by molar-refractivity contribution is 6.17. The lowest BCUT2D eigenvalue weighted by atomic mass is 10.1. The minimum atomic E-state index is -0.785. The number of nitrogens with zero attached hydrogens (tertiary/aromatic N) is 5. The second-order valence-electron chi connectivity index (χ2n) is 8.38. The molecule has 0 aliphatic carbocycles. The standard InChI is InChI=1S/C23H24ClFN8O2/c1-23(2,9-10-24)35-22(34)29-17-18(26)30-20(31-19(17)27)16-14-7-5-11-28-21(14)33(32-16)12-13-6-3-4-8-15(13)25/h3-8,11H,9-10,12H2,1-2H3,(H,29,34)(H4,26,27,30,31). The number of aromatic nitrogens is 5. The van der Waals surface area contributed by atoms with Crippen LogP contribution in [0.25, 0.3) is 22.6 Å². The highest BCUT2D eigenvalue weighted by atomic mass is 35.5. The van der Waals surface area contributed by atoms with E-state index in [0.717, 1.165) is 0 Å². The molecule has 10 nitrogen and oxygen atoms in total. The molecule has 35 heavy (non-hydrogen) atoms. The van der Waals surface area contributed by atoms with E-state index < -0.39 is 11.7 Å². The van der Waals surface area contributed by atoms with Gasteiger partial charge in [0.2, 0.25) is 0 Å². The number of alkyl halides is 1. The first-order valence-electron chi connectivity index (χ1n) is 10.7. The summed E-state index contributed by atoms with van der Waals surface area (Å²) >= 11 is 5.75. The van der Waals surface area contributed by atoms with Gasteiger partial charge < -0.3 is 16.2 Å². The number of ether oxygens (including phenoxy) is 1. The number of carbonyl (C=O) groups is 1. The van der Waals surface area contributed by atoms with Crippen molar-refractivity contribution in [1.82, 2.24) is 24.7 Å². The summed E-state index contributed by atoms with van der Waals surface area (Å²) in [5.41, 5.74) is 12.8. The van der Waals surface area contributed by atoms with Crippen molar-refractivity contribution >= 4 is 46.1 Å². The predicted octanol–water partition coefficient (Wildman–Crippen LogP) is 4.20. The summed E-state index contributed by atoms with van der Waals surface area (Å²) in [4.78, 5) is 25.3. The molecule has 0 spiro atoms. The maximum Gasteiger partial charge on any atom is 0.412 e. The van der Waals surface area contributed by atoms with E-state index in [2.05, 4.69) is 25.4 Å². The molecule has 0 saturated carbocycles. The van der Waals surface area contributed by atoms with Gasteiger partial charge in [-0.1, -0.05) is 18.2 Å². The van der Waals surface area contributed by atoms with Gasteiger partial charge in [0.05, 0.1) is 11.9 Å². The van der Waals surface area contributed by atoms with Crippen LogP contribution in [0.5, 0.6) is 0 Å². The zero-order valence-corrected chi connectivity index (χ0v) is 19.9. The van der Waals surface area contributed by atoms with E-state index >= 15 is 0 Å². The van der Waals surface area contributed by atoms with Gasteiger partial charge in [-0.25, -0.2) is 28.8 Å². The summed E-state index contributed by atoms with van der Waals surface area (Å²) in [6, 6.07) is 9.95. The van der Waals surface area contributed by atoms with E-state index in [-0.39, 0.29) is 35.5 Å². The first-order chi connectivity index (χ1) is 16.7. The second kappa shape index (κ2) is 9.71. The zero-order valence-electron chi connectivity index (χ0n) is 19.1. The van der Waals surface area contributed by atoms with Gasteiger partial charge in [0.15, 0.2) is 23.1 Å². The van der Waals surface area contributed by atoms with Crippen LogP contribution in [0, 0.1) is 5.82 Å². The maximum absolute atomic E-state index is 14.2. The quantitative estimate of drug-likeness (QED) is 0.321. The lowest BCUT2D eigenvalue weighted by Crippen LogP contribution is -2.31. The normalized spacial score (nSPS) is 11.5. The Labute approximate surface area is 205 Å². The fourth-order valence-corrected chi connectivity index (χ4v) is 3.92. The largest absolute Gasteiger partial charge is 0.443 e. The highest BCUT2D eigenvalue weighted by Gasteiger charge is 2.25. The minimum absolute atomic E-state index is 0.0219. The van der Waals surface area contributed by atoms with Crippen LogP contribution in [0.4, 0.5) is 26.5 Å². The molecule has 4 rings (SSSR count). The Balaban J connectivity index is 1.67. The molecule has 3 aromatic heterocycles. The van der Waals surface area contributed by atoms with Crippen molar-refractivity contribution in [3.8, 4) is 11.5 Å². The van der Waals surface area contributed by atoms with Crippen LogP contribution < -0.4 is 16.8 Å². The van der Waals surface area contributed by atoms with Crippen LogP contribution >= 0.6 is 11.6 Å². The van der Waals surface area contributed by atoms with Crippen LogP contribution in [0.2, 0.25) is 0 Å². The molecule has 0 aliphatic heterocycles. The Morgan fingerprint density at radius 1 is 1.17 bits per heavy atom. The molecule has 4 aromatic rings. The highest BCUT2D eigenvalue weighted by Crippen LogP contribution is 2.30. The minimum Gasteiger partial charge on any atom is -0.443 e. The van der Waals surface area contributed by atoms with Crippen LogP contribution in [0.3, 0.4) is 0 Å². The van der Waals surface area contributed by atoms with Crippen molar-refractivity contribution < 1.29 is 13.9 Å². The summed E-state index contributed by atoms with van der Waals surface area (Å²) < 4.78 is 21.2. The van der Waals surface area contributed by atoms with Crippen LogP contribution in [-0.4, -0.2) is 42.3 Å². The van der Waals surface area contributed by atoms with Crippen molar-refractivity contribution in [2.45, 2.75) is 32.4 Å². The molecular weight excluding hydrogens is 475 g/mol. The summed E-state index contributed by atoms with van der Waals surface area (Å²) in [7, 11) is 0. The summed E-state index contributed by atoms with van der Waals surface area (Å²) in [6.07, 6.45) is 1.30. The van der Waals surface area contributed by atoms with Gasteiger partial charge in [0, 0.05) is 24.1 Å². The number of hydrogen-bond acceptors (Lipinski definition) is 8. The number of carbonyl (C=O) groups excluding carboxylic acids is 1.